The highest BCUT2D eigenvalue weighted by Gasteiger charge is 2.48. The van der Waals surface area contributed by atoms with Crippen LogP contribution in [0.2, 0.25) is 5.02 Å². The van der Waals surface area contributed by atoms with Crippen LogP contribution in [-0.2, 0) is 4.79 Å². The molecule has 2 atom stereocenters. The Morgan fingerprint density at radius 1 is 1.45 bits per heavy atom. The number of pyridine rings is 1. The Balaban J connectivity index is 1.93. The van der Waals surface area contributed by atoms with E-state index in [1.165, 1.54) is 23.4 Å². The van der Waals surface area contributed by atoms with Gasteiger partial charge in [-0.3, -0.25) is 9.78 Å². The van der Waals surface area contributed by atoms with Crippen LogP contribution in [0.15, 0.2) is 18.5 Å². The van der Waals surface area contributed by atoms with Gasteiger partial charge in [-0.25, -0.2) is 4.79 Å². The van der Waals surface area contributed by atoms with E-state index in [1.807, 2.05) is 0 Å². The maximum atomic E-state index is 12.7. The zero-order valence-electron chi connectivity index (χ0n) is 10.5. The van der Waals surface area contributed by atoms with Gasteiger partial charge in [-0.2, -0.15) is 0 Å². The van der Waals surface area contributed by atoms with Crippen molar-refractivity contribution < 1.29 is 14.7 Å². The van der Waals surface area contributed by atoms with E-state index in [9.17, 15) is 14.7 Å². The first-order valence-corrected chi connectivity index (χ1v) is 7.79. The Morgan fingerprint density at radius 3 is 2.80 bits per heavy atom. The molecule has 1 aromatic rings. The maximum Gasteiger partial charge on any atom is 0.327 e. The molecule has 0 aromatic carbocycles. The molecule has 106 valence electrons. The van der Waals surface area contributed by atoms with Gasteiger partial charge in [-0.1, -0.05) is 11.6 Å². The van der Waals surface area contributed by atoms with Crippen molar-refractivity contribution in [2.75, 3.05) is 5.75 Å². The SMILES string of the molecule is O=C(O)C1CSC(C2CC2)N1C(=O)c1ccncc1Cl. The fraction of sp³-hybridized carbons (Fsp3) is 0.462. The number of amides is 1. The highest BCUT2D eigenvalue weighted by molar-refractivity contribution is 8.00. The molecule has 1 amide bonds. The van der Waals surface area contributed by atoms with Gasteiger partial charge in [0.1, 0.15) is 6.04 Å². The molecule has 20 heavy (non-hydrogen) atoms. The minimum Gasteiger partial charge on any atom is -0.480 e. The first-order chi connectivity index (χ1) is 9.59. The number of halogens is 1. The molecule has 2 fully saturated rings. The average Bonchev–Trinajstić information content (AvgIpc) is 3.17. The molecule has 2 heterocycles. The molecule has 0 spiro atoms. The van der Waals surface area contributed by atoms with Gasteiger partial charge in [-0.15, -0.1) is 11.8 Å². The van der Waals surface area contributed by atoms with E-state index in [4.69, 9.17) is 11.6 Å². The molecule has 1 aromatic heterocycles. The van der Waals surface area contributed by atoms with Crippen LogP contribution in [0.1, 0.15) is 23.2 Å². The number of carbonyl (C=O) groups excluding carboxylic acids is 1. The van der Waals surface area contributed by atoms with Gasteiger partial charge in [0.15, 0.2) is 0 Å². The third kappa shape index (κ3) is 2.38. The third-order valence-electron chi connectivity index (χ3n) is 3.58. The van der Waals surface area contributed by atoms with Gasteiger partial charge in [-0.05, 0) is 24.8 Å². The maximum absolute atomic E-state index is 12.7. The number of aliphatic carboxylic acids is 1. The van der Waals surface area contributed by atoms with Gasteiger partial charge < -0.3 is 10.0 Å². The first-order valence-electron chi connectivity index (χ1n) is 6.36. The van der Waals surface area contributed by atoms with Crippen molar-refractivity contribution in [2.45, 2.75) is 24.3 Å². The van der Waals surface area contributed by atoms with Gasteiger partial charge in [0.25, 0.3) is 5.91 Å². The number of carbonyl (C=O) groups is 2. The average molecular weight is 313 g/mol. The number of nitrogens with zero attached hydrogens (tertiary/aromatic N) is 2. The standard InChI is InChI=1S/C13H13ClN2O3S/c14-9-5-15-4-3-8(9)11(17)16-10(13(18)19)6-20-12(16)7-1-2-7/h3-5,7,10,12H,1-2,6H2,(H,18,19). The summed E-state index contributed by atoms with van der Waals surface area (Å²) in [5, 5.41) is 9.53. The first kappa shape index (κ1) is 13.7. The number of carboxylic acid groups (broad SMARTS) is 1. The van der Waals surface area contributed by atoms with E-state index in [0.29, 0.717) is 17.2 Å². The second-order valence-electron chi connectivity index (χ2n) is 4.98. The number of aromatic nitrogens is 1. The molecule has 7 heteroatoms. The highest BCUT2D eigenvalue weighted by Crippen LogP contribution is 2.46. The summed E-state index contributed by atoms with van der Waals surface area (Å²) in [5.74, 6) is -0.426. The Labute approximate surface area is 125 Å². The smallest absolute Gasteiger partial charge is 0.327 e. The lowest BCUT2D eigenvalue weighted by molar-refractivity contribution is -0.141. The fourth-order valence-electron chi connectivity index (χ4n) is 2.41. The molecule has 2 unspecified atom stereocenters. The molecule has 5 nitrogen and oxygen atoms in total. The molecular formula is C13H13ClN2O3S. The van der Waals surface area contributed by atoms with E-state index in [1.54, 1.807) is 11.8 Å². The second kappa shape index (κ2) is 5.26. The van der Waals surface area contributed by atoms with Gasteiger partial charge in [0.2, 0.25) is 0 Å². The van der Waals surface area contributed by atoms with Gasteiger partial charge >= 0.3 is 5.97 Å². The summed E-state index contributed by atoms with van der Waals surface area (Å²) in [5.41, 5.74) is 0.320. The molecule has 1 saturated heterocycles. The molecule has 1 aliphatic carbocycles. The van der Waals surface area contributed by atoms with E-state index in [2.05, 4.69) is 4.98 Å². The summed E-state index contributed by atoms with van der Waals surface area (Å²) >= 11 is 7.56. The number of hydrogen-bond donors (Lipinski definition) is 1. The van der Waals surface area contributed by atoms with Gasteiger partial charge in [0.05, 0.1) is 16.0 Å². The molecule has 0 bridgehead atoms. The zero-order valence-corrected chi connectivity index (χ0v) is 12.1. The lowest BCUT2D eigenvalue weighted by atomic mass is 10.1. The normalized spacial score (nSPS) is 25.8. The minimum atomic E-state index is -0.959. The van der Waals surface area contributed by atoms with Crippen molar-refractivity contribution in [3.8, 4) is 0 Å². The van der Waals surface area contributed by atoms with Crippen molar-refractivity contribution in [1.82, 2.24) is 9.88 Å². The Kier molecular flexibility index (Phi) is 3.60. The van der Waals surface area contributed by atoms with E-state index >= 15 is 0 Å². The monoisotopic (exact) mass is 312 g/mol. The molecule has 3 rings (SSSR count). The number of rotatable bonds is 3. The number of hydrogen-bond acceptors (Lipinski definition) is 4. The van der Waals surface area contributed by atoms with Crippen LogP contribution in [0.4, 0.5) is 0 Å². The largest absolute Gasteiger partial charge is 0.480 e. The summed E-state index contributed by atoms with van der Waals surface area (Å²) in [7, 11) is 0. The third-order valence-corrected chi connectivity index (χ3v) is 5.35. The number of thioether (sulfide) groups is 1. The predicted octanol–water partition coefficient (Wildman–Crippen LogP) is 2.11. The summed E-state index contributed by atoms with van der Waals surface area (Å²) in [6.45, 7) is 0. The molecule has 1 aliphatic heterocycles. The predicted molar refractivity (Wildman–Crippen MR) is 75.8 cm³/mol. The minimum absolute atomic E-state index is 0.0483. The van der Waals surface area contributed by atoms with Crippen LogP contribution < -0.4 is 0 Å². The van der Waals surface area contributed by atoms with Crippen LogP contribution >= 0.6 is 23.4 Å². The van der Waals surface area contributed by atoms with Crippen molar-refractivity contribution in [1.29, 1.82) is 0 Å². The van der Waals surface area contributed by atoms with Crippen LogP contribution in [0.5, 0.6) is 0 Å². The van der Waals surface area contributed by atoms with E-state index in [0.717, 1.165) is 12.8 Å². The Hall–Kier alpha value is -1.27. The quantitative estimate of drug-likeness (QED) is 0.925. The number of carboxylic acids is 1. The van der Waals surface area contributed by atoms with E-state index < -0.39 is 12.0 Å². The van der Waals surface area contributed by atoms with Crippen LogP contribution in [0.25, 0.3) is 0 Å². The van der Waals surface area contributed by atoms with Gasteiger partial charge in [0, 0.05) is 18.1 Å². The van der Waals surface area contributed by atoms with Crippen LogP contribution in [-0.4, -0.2) is 44.0 Å². The summed E-state index contributed by atoms with van der Waals surface area (Å²) in [4.78, 5) is 29.4. The molecular weight excluding hydrogens is 300 g/mol. The Morgan fingerprint density at radius 2 is 2.20 bits per heavy atom. The lowest BCUT2D eigenvalue weighted by Gasteiger charge is -2.27. The Bertz CT molecular complexity index is 564. The topological polar surface area (TPSA) is 70.5 Å². The highest BCUT2D eigenvalue weighted by atomic mass is 35.5. The zero-order chi connectivity index (χ0) is 14.3. The van der Waals surface area contributed by atoms with Crippen molar-refractivity contribution in [2.24, 2.45) is 5.92 Å². The van der Waals surface area contributed by atoms with E-state index in [-0.39, 0.29) is 16.3 Å². The second-order valence-corrected chi connectivity index (χ2v) is 6.54. The molecule has 1 N–H and O–H groups in total. The van der Waals surface area contributed by atoms with Crippen molar-refractivity contribution >= 4 is 35.2 Å². The summed E-state index contributed by atoms with van der Waals surface area (Å²) in [6.07, 6.45) is 5.00. The van der Waals surface area contributed by atoms with Crippen LogP contribution in [0.3, 0.4) is 0 Å². The van der Waals surface area contributed by atoms with Crippen molar-refractivity contribution in [3.05, 3.63) is 29.0 Å². The molecule has 0 radical (unpaired) electrons. The fourth-order valence-corrected chi connectivity index (χ4v) is 4.24. The lowest BCUT2D eigenvalue weighted by Crippen LogP contribution is -2.46. The molecule has 1 saturated carbocycles. The molecule has 2 aliphatic rings. The van der Waals surface area contributed by atoms with Crippen LogP contribution in [0, 0.1) is 5.92 Å². The summed E-state index contributed by atoms with van der Waals surface area (Å²) in [6, 6.07) is 0.763. The van der Waals surface area contributed by atoms with Crippen molar-refractivity contribution in [3.63, 3.8) is 0 Å². The summed E-state index contributed by atoms with van der Waals surface area (Å²) < 4.78 is 0.